The number of hydrogen-bond acceptors (Lipinski definition) is 6. The standard InChI is InChI=1S/C26H28F3NO5/c1-32-25(31)12-16-15-34-24-13-17(2-3-18(16)24)35-23-7-5-19-20(23)4-6-22(26(27,28)29)21(19)14-30-8-10-33-11-9-30/h2-4,6,13,16,23H,5,7-12,14-15H2,1H3. The minimum absolute atomic E-state index is 0.0674. The molecule has 1 aliphatic carbocycles. The number of carbonyl (C=O) groups is 1. The fourth-order valence-corrected chi connectivity index (χ4v) is 5.24. The van der Waals surface area contributed by atoms with Crippen molar-refractivity contribution in [2.24, 2.45) is 0 Å². The molecule has 35 heavy (non-hydrogen) atoms. The highest BCUT2D eigenvalue weighted by atomic mass is 19.4. The maximum Gasteiger partial charge on any atom is 0.416 e. The zero-order valence-electron chi connectivity index (χ0n) is 19.5. The van der Waals surface area contributed by atoms with E-state index in [0.29, 0.717) is 62.8 Å². The lowest BCUT2D eigenvalue weighted by atomic mass is 9.96. The first-order valence-electron chi connectivity index (χ1n) is 11.9. The smallest absolute Gasteiger partial charge is 0.416 e. The Hall–Kier alpha value is -2.78. The molecule has 0 aromatic heterocycles. The Bertz CT molecular complexity index is 1100. The maximum atomic E-state index is 13.9. The fraction of sp³-hybridized carbons (Fsp3) is 0.500. The minimum atomic E-state index is -4.41. The lowest BCUT2D eigenvalue weighted by Crippen LogP contribution is -2.36. The number of morpholine rings is 1. The number of fused-ring (bicyclic) bond motifs is 2. The highest BCUT2D eigenvalue weighted by Gasteiger charge is 2.38. The van der Waals surface area contributed by atoms with Gasteiger partial charge < -0.3 is 18.9 Å². The third-order valence-corrected chi connectivity index (χ3v) is 7.05. The van der Waals surface area contributed by atoms with Gasteiger partial charge in [0.2, 0.25) is 0 Å². The van der Waals surface area contributed by atoms with Crippen LogP contribution in [0.3, 0.4) is 0 Å². The highest BCUT2D eigenvalue weighted by molar-refractivity contribution is 5.71. The predicted molar refractivity (Wildman–Crippen MR) is 121 cm³/mol. The van der Waals surface area contributed by atoms with Crippen LogP contribution in [0.15, 0.2) is 30.3 Å². The Morgan fingerprint density at radius 1 is 1.14 bits per heavy atom. The van der Waals surface area contributed by atoms with E-state index in [4.69, 9.17) is 18.9 Å². The van der Waals surface area contributed by atoms with Crippen LogP contribution in [0.2, 0.25) is 0 Å². The Morgan fingerprint density at radius 2 is 1.91 bits per heavy atom. The Labute approximate surface area is 201 Å². The number of ether oxygens (including phenoxy) is 4. The molecule has 1 fully saturated rings. The van der Waals surface area contributed by atoms with Crippen molar-refractivity contribution in [2.75, 3.05) is 40.0 Å². The molecule has 3 aliphatic rings. The van der Waals surface area contributed by atoms with Gasteiger partial charge in [0, 0.05) is 37.2 Å². The van der Waals surface area contributed by atoms with E-state index in [1.807, 2.05) is 17.0 Å². The first-order chi connectivity index (χ1) is 16.8. The second-order valence-corrected chi connectivity index (χ2v) is 9.18. The number of rotatable bonds is 6. The molecule has 0 radical (unpaired) electrons. The van der Waals surface area contributed by atoms with Crippen LogP contribution >= 0.6 is 0 Å². The number of esters is 1. The van der Waals surface area contributed by atoms with Crippen molar-refractivity contribution >= 4 is 5.97 Å². The highest BCUT2D eigenvalue weighted by Crippen LogP contribution is 2.44. The van der Waals surface area contributed by atoms with Crippen LogP contribution in [0.25, 0.3) is 0 Å². The molecule has 188 valence electrons. The normalized spacial score (nSPS) is 21.8. The van der Waals surface area contributed by atoms with Gasteiger partial charge in [-0.3, -0.25) is 9.69 Å². The van der Waals surface area contributed by atoms with E-state index in [9.17, 15) is 18.0 Å². The zero-order chi connectivity index (χ0) is 24.6. The van der Waals surface area contributed by atoms with E-state index in [1.165, 1.54) is 13.2 Å². The molecule has 2 aromatic rings. The summed E-state index contributed by atoms with van der Waals surface area (Å²) in [4.78, 5) is 13.7. The quantitative estimate of drug-likeness (QED) is 0.549. The van der Waals surface area contributed by atoms with Gasteiger partial charge in [0.05, 0.1) is 38.9 Å². The van der Waals surface area contributed by atoms with E-state index >= 15 is 0 Å². The van der Waals surface area contributed by atoms with Crippen molar-refractivity contribution in [1.82, 2.24) is 4.90 Å². The molecule has 2 heterocycles. The van der Waals surface area contributed by atoms with Crippen molar-refractivity contribution in [3.63, 3.8) is 0 Å². The van der Waals surface area contributed by atoms with Gasteiger partial charge in [0.15, 0.2) is 0 Å². The molecule has 0 amide bonds. The summed E-state index contributed by atoms with van der Waals surface area (Å²) in [6.45, 7) is 2.94. The van der Waals surface area contributed by atoms with Crippen LogP contribution in [0.4, 0.5) is 13.2 Å². The predicted octanol–water partition coefficient (Wildman–Crippen LogP) is 4.64. The monoisotopic (exact) mass is 491 g/mol. The summed E-state index contributed by atoms with van der Waals surface area (Å²) in [6, 6.07) is 8.27. The SMILES string of the molecule is COC(=O)CC1COc2cc(OC3CCc4c3ccc(C(F)(F)F)c4CN3CCOCC3)ccc21. The molecule has 2 atom stereocenters. The van der Waals surface area contributed by atoms with E-state index in [2.05, 4.69) is 0 Å². The Kier molecular flexibility index (Phi) is 6.63. The molecule has 6 nitrogen and oxygen atoms in total. The third kappa shape index (κ3) is 4.97. The molecule has 9 heteroatoms. The zero-order valence-corrected chi connectivity index (χ0v) is 19.5. The number of methoxy groups -OCH3 is 1. The molecular formula is C26H28F3NO5. The van der Waals surface area contributed by atoms with Gasteiger partial charge in [-0.05, 0) is 41.7 Å². The van der Waals surface area contributed by atoms with Crippen LogP contribution < -0.4 is 9.47 Å². The van der Waals surface area contributed by atoms with Gasteiger partial charge >= 0.3 is 12.1 Å². The molecule has 2 aliphatic heterocycles. The van der Waals surface area contributed by atoms with Gasteiger partial charge in [-0.15, -0.1) is 0 Å². The Balaban J connectivity index is 1.37. The van der Waals surface area contributed by atoms with Crippen molar-refractivity contribution in [3.05, 3.63) is 58.1 Å². The molecule has 0 N–H and O–H groups in total. The minimum Gasteiger partial charge on any atom is -0.492 e. The van der Waals surface area contributed by atoms with Crippen LogP contribution in [-0.2, 0) is 33.4 Å². The van der Waals surface area contributed by atoms with Crippen LogP contribution in [0.1, 0.15) is 52.7 Å². The number of benzene rings is 2. The summed E-state index contributed by atoms with van der Waals surface area (Å²) in [6.07, 6.45) is -3.36. The van der Waals surface area contributed by atoms with Crippen molar-refractivity contribution in [1.29, 1.82) is 0 Å². The van der Waals surface area contributed by atoms with Crippen molar-refractivity contribution in [3.8, 4) is 11.5 Å². The van der Waals surface area contributed by atoms with Gasteiger partial charge in [-0.25, -0.2) is 0 Å². The summed E-state index contributed by atoms with van der Waals surface area (Å²) >= 11 is 0. The van der Waals surface area contributed by atoms with E-state index in [1.54, 1.807) is 12.1 Å². The summed E-state index contributed by atoms with van der Waals surface area (Å²) in [7, 11) is 1.36. The number of hydrogen-bond donors (Lipinski definition) is 0. The molecular weight excluding hydrogens is 463 g/mol. The molecule has 5 rings (SSSR count). The first kappa shape index (κ1) is 23.9. The van der Waals surface area contributed by atoms with E-state index < -0.39 is 11.7 Å². The van der Waals surface area contributed by atoms with Gasteiger partial charge in [0.25, 0.3) is 0 Å². The second-order valence-electron chi connectivity index (χ2n) is 9.18. The van der Waals surface area contributed by atoms with E-state index in [-0.39, 0.29) is 31.0 Å². The number of halogens is 3. The Morgan fingerprint density at radius 3 is 2.66 bits per heavy atom. The molecule has 0 spiro atoms. The van der Waals surface area contributed by atoms with Crippen molar-refractivity contribution in [2.45, 2.75) is 44.0 Å². The first-order valence-corrected chi connectivity index (χ1v) is 11.9. The van der Waals surface area contributed by atoms with Crippen molar-refractivity contribution < 1.29 is 36.9 Å². The second kappa shape index (κ2) is 9.70. The molecule has 1 saturated heterocycles. The lowest BCUT2D eigenvalue weighted by Gasteiger charge is -2.29. The van der Waals surface area contributed by atoms with Gasteiger partial charge in [-0.1, -0.05) is 12.1 Å². The summed E-state index contributed by atoms with van der Waals surface area (Å²) < 4.78 is 63.7. The van der Waals surface area contributed by atoms with Crippen LogP contribution in [0.5, 0.6) is 11.5 Å². The largest absolute Gasteiger partial charge is 0.492 e. The number of nitrogens with zero attached hydrogens (tertiary/aromatic N) is 1. The van der Waals surface area contributed by atoms with E-state index in [0.717, 1.165) is 16.7 Å². The number of carbonyl (C=O) groups excluding carboxylic acids is 1. The van der Waals surface area contributed by atoms with Crippen LogP contribution in [0, 0.1) is 0 Å². The third-order valence-electron chi connectivity index (χ3n) is 7.05. The topological polar surface area (TPSA) is 57.2 Å². The average molecular weight is 492 g/mol. The van der Waals surface area contributed by atoms with Gasteiger partial charge in [0.1, 0.15) is 17.6 Å². The molecule has 0 bridgehead atoms. The average Bonchev–Trinajstić information content (AvgIpc) is 3.43. The molecule has 2 aromatic carbocycles. The molecule has 2 unspecified atom stereocenters. The van der Waals surface area contributed by atoms with Crippen LogP contribution in [-0.4, -0.2) is 50.9 Å². The summed E-state index contributed by atoms with van der Waals surface area (Å²) in [5.74, 6) is 0.896. The molecule has 0 saturated carbocycles. The van der Waals surface area contributed by atoms with Gasteiger partial charge in [-0.2, -0.15) is 13.2 Å². The fourth-order valence-electron chi connectivity index (χ4n) is 5.24. The number of alkyl halides is 3. The lowest BCUT2D eigenvalue weighted by molar-refractivity contribution is -0.141. The summed E-state index contributed by atoms with van der Waals surface area (Å²) in [5.41, 5.74) is 2.27. The maximum absolute atomic E-state index is 13.9. The summed E-state index contributed by atoms with van der Waals surface area (Å²) in [5, 5.41) is 0.